The Labute approximate surface area is 207 Å². The number of hydrogen-bond acceptors (Lipinski definition) is 5. The van der Waals surface area contributed by atoms with Gasteiger partial charge in [-0.2, -0.15) is 0 Å². The van der Waals surface area contributed by atoms with Crippen molar-refractivity contribution in [2.75, 3.05) is 13.1 Å². The van der Waals surface area contributed by atoms with Crippen molar-refractivity contribution in [2.45, 2.75) is 68.7 Å². The quantitative estimate of drug-likeness (QED) is 0.487. The van der Waals surface area contributed by atoms with E-state index in [2.05, 4.69) is 10.6 Å². The second-order valence-corrected chi connectivity index (χ2v) is 11.8. The zero-order valence-corrected chi connectivity index (χ0v) is 21.0. The van der Waals surface area contributed by atoms with E-state index in [1.165, 1.54) is 12.1 Å². The van der Waals surface area contributed by atoms with Gasteiger partial charge >= 0.3 is 0 Å². The van der Waals surface area contributed by atoms with Crippen molar-refractivity contribution in [1.82, 2.24) is 15.5 Å². The fraction of sp³-hybridized carbons (Fsp3) is 0.625. The van der Waals surface area contributed by atoms with Gasteiger partial charge in [0.15, 0.2) is 5.11 Å². The SMILES string of the molecule is NS(=O)(=O)c1ccc(CCNC(=O)C2CCC(CN3C(=O)C4CCCCC4NC3=S)CC2)cc1. The number of carbonyl (C=O) groups excluding carboxylic acids is 2. The normalized spacial score (nSPS) is 27.6. The van der Waals surface area contributed by atoms with Crippen LogP contribution in [0.1, 0.15) is 56.9 Å². The molecule has 2 unspecified atom stereocenters. The lowest BCUT2D eigenvalue weighted by atomic mass is 9.80. The number of nitrogens with zero attached hydrogens (tertiary/aromatic N) is 1. The average molecular weight is 507 g/mol. The molecular weight excluding hydrogens is 472 g/mol. The minimum absolute atomic E-state index is 0.00846. The molecule has 10 heteroatoms. The van der Waals surface area contributed by atoms with Crippen molar-refractivity contribution >= 4 is 39.2 Å². The van der Waals surface area contributed by atoms with E-state index in [-0.39, 0.29) is 34.6 Å². The third-order valence-electron chi connectivity index (χ3n) is 7.53. The molecule has 4 rings (SSSR count). The molecule has 1 aromatic carbocycles. The highest BCUT2D eigenvalue weighted by Gasteiger charge is 2.41. The van der Waals surface area contributed by atoms with Crippen molar-refractivity contribution < 1.29 is 18.0 Å². The molecule has 0 aromatic heterocycles. The summed E-state index contributed by atoms with van der Waals surface area (Å²) in [5.74, 6) is 0.663. The van der Waals surface area contributed by atoms with E-state index in [0.29, 0.717) is 30.5 Å². The highest BCUT2D eigenvalue weighted by Crippen LogP contribution is 2.33. The van der Waals surface area contributed by atoms with Gasteiger partial charge in [-0.15, -0.1) is 0 Å². The molecule has 1 aromatic rings. The lowest BCUT2D eigenvalue weighted by Crippen LogP contribution is -2.61. The summed E-state index contributed by atoms with van der Waals surface area (Å²) in [7, 11) is -3.70. The van der Waals surface area contributed by atoms with Gasteiger partial charge in [0.1, 0.15) is 0 Å². The molecule has 8 nitrogen and oxygen atoms in total. The average Bonchev–Trinajstić information content (AvgIpc) is 2.82. The van der Waals surface area contributed by atoms with Crippen LogP contribution in [0.2, 0.25) is 0 Å². The summed E-state index contributed by atoms with van der Waals surface area (Å²) < 4.78 is 22.7. The van der Waals surface area contributed by atoms with Crippen LogP contribution in [0.25, 0.3) is 0 Å². The van der Waals surface area contributed by atoms with Crippen LogP contribution in [0.4, 0.5) is 0 Å². The van der Waals surface area contributed by atoms with Crippen molar-refractivity contribution in [3.05, 3.63) is 29.8 Å². The first-order chi connectivity index (χ1) is 16.2. The van der Waals surface area contributed by atoms with Crippen molar-refractivity contribution in [1.29, 1.82) is 0 Å². The number of nitrogens with two attached hydrogens (primary N) is 1. The number of nitrogens with one attached hydrogen (secondary N) is 2. The molecule has 1 saturated heterocycles. The van der Waals surface area contributed by atoms with Gasteiger partial charge in [0.2, 0.25) is 21.8 Å². The number of thiocarbonyl (C=S) groups is 1. The molecule has 0 spiro atoms. The minimum atomic E-state index is -3.70. The first-order valence-corrected chi connectivity index (χ1v) is 14.2. The summed E-state index contributed by atoms with van der Waals surface area (Å²) in [6.45, 7) is 1.15. The lowest BCUT2D eigenvalue weighted by molar-refractivity contribution is -0.136. The van der Waals surface area contributed by atoms with Gasteiger partial charge in [0.25, 0.3) is 0 Å². The molecule has 3 aliphatic rings. The van der Waals surface area contributed by atoms with Gasteiger partial charge in [-0.05, 0) is 80.8 Å². The van der Waals surface area contributed by atoms with E-state index in [9.17, 15) is 18.0 Å². The van der Waals surface area contributed by atoms with E-state index in [1.807, 2.05) is 0 Å². The smallest absolute Gasteiger partial charge is 0.238 e. The molecule has 1 aliphatic heterocycles. The first kappa shape index (κ1) is 25.1. The number of hydrogen-bond donors (Lipinski definition) is 3. The van der Waals surface area contributed by atoms with Gasteiger partial charge in [-0.3, -0.25) is 14.5 Å². The fourth-order valence-electron chi connectivity index (χ4n) is 5.49. The standard InChI is InChI=1S/C24H34N4O4S2/c25-34(31,32)19-11-7-16(8-12-19)13-14-26-22(29)18-9-5-17(6-10-18)15-28-23(30)20-3-1-2-4-21(20)27-24(28)33/h7-8,11-12,17-18,20-21H,1-6,9-10,13-15H2,(H,26,29)(H,27,33)(H2,25,31,32). The second-order valence-electron chi connectivity index (χ2n) is 9.84. The molecule has 2 aliphatic carbocycles. The van der Waals surface area contributed by atoms with E-state index < -0.39 is 10.0 Å². The van der Waals surface area contributed by atoms with E-state index >= 15 is 0 Å². The van der Waals surface area contributed by atoms with Crippen LogP contribution >= 0.6 is 12.2 Å². The van der Waals surface area contributed by atoms with Crippen molar-refractivity contribution in [2.24, 2.45) is 22.9 Å². The Bertz CT molecular complexity index is 1020. The summed E-state index contributed by atoms with van der Waals surface area (Å²) >= 11 is 5.51. The number of sulfonamides is 1. The summed E-state index contributed by atoms with van der Waals surface area (Å²) in [5.41, 5.74) is 0.937. The highest BCUT2D eigenvalue weighted by atomic mass is 32.2. The van der Waals surface area contributed by atoms with Gasteiger partial charge in [-0.1, -0.05) is 25.0 Å². The Hall–Kier alpha value is -2.04. The largest absolute Gasteiger partial charge is 0.359 e. The number of fused-ring (bicyclic) bond motifs is 1. The maximum atomic E-state index is 13.0. The summed E-state index contributed by atoms with van der Waals surface area (Å²) in [6, 6.07) is 6.60. The number of primary sulfonamides is 1. The number of rotatable bonds is 7. The molecule has 1 heterocycles. The maximum Gasteiger partial charge on any atom is 0.238 e. The Morgan fingerprint density at radius 3 is 2.44 bits per heavy atom. The molecule has 2 saturated carbocycles. The molecule has 34 heavy (non-hydrogen) atoms. The fourth-order valence-corrected chi connectivity index (χ4v) is 6.33. The zero-order chi connectivity index (χ0) is 24.3. The third kappa shape index (κ3) is 5.95. The predicted octanol–water partition coefficient (Wildman–Crippen LogP) is 2.07. The highest BCUT2D eigenvalue weighted by molar-refractivity contribution is 7.89. The second kappa shape index (κ2) is 10.7. The lowest BCUT2D eigenvalue weighted by Gasteiger charge is -2.43. The number of carbonyl (C=O) groups is 2. The molecule has 2 atom stereocenters. The molecule has 2 amide bonds. The maximum absolute atomic E-state index is 13.0. The van der Waals surface area contributed by atoms with Crippen LogP contribution in [0.3, 0.4) is 0 Å². The molecule has 3 fully saturated rings. The van der Waals surface area contributed by atoms with Crippen LogP contribution in [-0.2, 0) is 26.0 Å². The monoisotopic (exact) mass is 506 g/mol. The van der Waals surface area contributed by atoms with Crippen LogP contribution in [0.5, 0.6) is 0 Å². The topological polar surface area (TPSA) is 122 Å². The summed E-state index contributed by atoms with van der Waals surface area (Å²) in [4.78, 5) is 27.5. The molecule has 186 valence electrons. The Morgan fingerprint density at radius 1 is 1.09 bits per heavy atom. The summed E-state index contributed by atoms with van der Waals surface area (Å²) in [5, 5.41) is 12.1. The molecular formula is C24H34N4O4S2. The van der Waals surface area contributed by atoms with Crippen LogP contribution in [0, 0.1) is 17.8 Å². The van der Waals surface area contributed by atoms with Crippen LogP contribution in [-0.4, -0.2) is 49.4 Å². The van der Waals surface area contributed by atoms with Crippen LogP contribution < -0.4 is 15.8 Å². The van der Waals surface area contributed by atoms with Crippen molar-refractivity contribution in [3.63, 3.8) is 0 Å². The van der Waals surface area contributed by atoms with Crippen LogP contribution in [0.15, 0.2) is 29.2 Å². The van der Waals surface area contributed by atoms with Gasteiger partial charge in [-0.25, -0.2) is 13.6 Å². The van der Waals surface area contributed by atoms with Crippen molar-refractivity contribution in [3.8, 4) is 0 Å². The Morgan fingerprint density at radius 2 is 1.76 bits per heavy atom. The Balaban J connectivity index is 1.19. The van der Waals surface area contributed by atoms with Gasteiger partial charge in [0, 0.05) is 25.0 Å². The van der Waals surface area contributed by atoms with Gasteiger partial charge < -0.3 is 10.6 Å². The zero-order valence-electron chi connectivity index (χ0n) is 19.4. The van der Waals surface area contributed by atoms with E-state index in [4.69, 9.17) is 17.4 Å². The first-order valence-electron chi connectivity index (χ1n) is 12.2. The number of amides is 2. The molecule has 4 N–H and O–H groups in total. The van der Waals surface area contributed by atoms with Gasteiger partial charge in [0.05, 0.1) is 10.8 Å². The Kier molecular flexibility index (Phi) is 7.89. The molecule has 0 radical (unpaired) electrons. The summed E-state index contributed by atoms with van der Waals surface area (Å²) in [6.07, 6.45) is 8.29. The molecule has 0 bridgehead atoms. The third-order valence-corrected chi connectivity index (χ3v) is 8.79. The predicted molar refractivity (Wildman–Crippen MR) is 133 cm³/mol. The number of benzene rings is 1. The van der Waals surface area contributed by atoms with E-state index in [1.54, 1.807) is 17.0 Å². The van der Waals surface area contributed by atoms with E-state index in [0.717, 1.165) is 56.9 Å². The minimum Gasteiger partial charge on any atom is -0.359 e.